The number of carboxylic acids is 1. The van der Waals surface area contributed by atoms with Gasteiger partial charge in [-0.2, -0.15) is 0 Å². The van der Waals surface area contributed by atoms with Gasteiger partial charge in [-0.05, 0) is 12.1 Å². The lowest BCUT2D eigenvalue weighted by Crippen LogP contribution is -2.03. The maximum atomic E-state index is 10.9. The van der Waals surface area contributed by atoms with Gasteiger partial charge in [0.15, 0.2) is 0 Å². The van der Waals surface area contributed by atoms with E-state index >= 15 is 0 Å². The van der Waals surface area contributed by atoms with Crippen LogP contribution in [0.25, 0.3) is 11.0 Å². The van der Waals surface area contributed by atoms with Crippen LogP contribution in [-0.2, 0) is 7.05 Å². The lowest BCUT2D eigenvalue weighted by molar-refractivity contribution is 0.0692. The minimum absolute atomic E-state index is 0.0757. The average Bonchev–Trinajstić information content (AvgIpc) is 2.58. The van der Waals surface area contributed by atoms with E-state index in [1.54, 1.807) is 6.07 Å². The molecule has 5 nitrogen and oxygen atoms in total. The van der Waals surface area contributed by atoms with Crippen LogP contribution in [-0.4, -0.2) is 27.7 Å². The Hall–Kier alpha value is -2.04. The number of carboxylic acid groups (broad SMARTS) is 1. The number of ether oxygens (including phenoxy) is 1. The van der Waals surface area contributed by atoms with Gasteiger partial charge in [-0.1, -0.05) is 0 Å². The Morgan fingerprint density at radius 1 is 1.60 bits per heavy atom. The first-order valence-electron chi connectivity index (χ1n) is 4.37. The summed E-state index contributed by atoms with van der Waals surface area (Å²) >= 11 is 0. The molecule has 0 unspecified atom stereocenters. The van der Waals surface area contributed by atoms with Crippen LogP contribution in [0.15, 0.2) is 18.3 Å². The van der Waals surface area contributed by atoms with E-state index < -0.39 is 5.97 Å². The van der Waals surface area contributed by atoms with Gasteiger partial charge in [0, 0.05) is 13.2 Å². The molecule has 0 fully saturated rings. The lowest BCUT2D eigenvalue weighted by atomic mass is 10.2. The molecule has 0 aromatic carbocycles. The van der Waals surface area contributed by atoms with Crippen LogP contribution in [0, 0.1) is 0 Å². The summed E-state index contributed by atoms with van der Waals surface area (Å²) in [4.78, 5) is 15.0. The molecule has 2 aromatic rings. The molecule has 2 rings (SSSR count). The van der Waals surface area contributed by atoms with Gasteiger partial charge in [-0.25, -0.2) is 9.78 Å². The Balaban J connectivity index is 2.77. The van der Waals surface area contributed by atoms with Crippen molar-refractivity contribution < 1.29 is 14.6 Å². The standard InChI is InChI=1S/C10H10N2O3/c1-12-4-3-7-8(12)5-6(10(13)14)9(11-7)15-2/h3-5H,1-2H3,(H,13,14). The Labute approximate surface area is 85.9 Å². The number of methoxy groups -OCH3 is 1. The fourth-order valence-corrected chi connectivity index (χ4v) is 1.48. The Morgan fingerprint density at radius 3 is 2.93 bits per heavy atom. The van der Waals surface area contributed by atoms with Crippen molar-refractivity contribution in [2.45, 2.75) is 0 Å². The van der Waals surface area contributed by atoms with E-state index in [9.17, 15) is 4.79 Å². The normalized spacial score (nSPS) is 10.5. The number of aromatic nitrogens is 2. The highest BCUT2D eigenvalue weighted by molar-refractivity contribution is 5.94. The minimum atomic E-state index is -1.04. The van der Waals surface area contributed by atoms with Crippen molar-refractivity contribution in [3.8, 4) is 5.88 Å². The van der Waals surface area contributed by atoms with Crippen LogP contribution in [0.4, 0.5) is 0 Å². The summed E-state index contributed by atoms with van der Waals surface area (Å²) in [6.07, 6.45) is 1.82. The van der Waals surface area contributed by atoms with E-state index in [0.717, 1.165) is 11.0 Å². The zero-order valence-electron chi connectivity index (χ0n) is 8.39. The van der Waals surface area contributed by atoms with Gasteiger partial charge in [0.2, 0.25) is 5.88 Å². The van der Waals surface area contributed by atoms with E-state index in [0.29, 0.717) is 0 Å². The predicted octanol–water partition coefficient (Wildman–Crippen LogP) is 1.28. The summed E-state index contributed by atoms with van der Waals surface area (Å²) in [6, 6.07) is 3.37. The quantitative estimate of drug-likeness (QED) is 0.803. The summed E-state index contributed by atoms with van der Waals surface area (Å²) < 4.78 is 6.74. The van der Waals surface area contributed by atoms with Gasteiger partial charge in [0.1, 0.15) is 5.56 Å². The van der Waals surface area contributed by atoms with E-state index in [2.05, 4.69) is 4.98 Å². The first-order valence-corrected chi connectivity index (χ1v) is 4.37. The van der Waals surface area contributed by atoms with E-state index in [4.69, 9.17) is 9.84 Å². The van der Waals surface area contributed by atoms with E-state index in [1.165, 1.54) is 7.11 Å². The summed E-state index contributed by atoms with van der Waals surface area (Å²) in [5, 5.41) is 8.96. The van der Waals surface area contributed by atoms with E-state index in [-0.39, 0.29) is 11.4 Å². The number of rotatable bonds is 2. The highest BCUT2D eigenvalue weighted by Gasteiger charge is 2.14. The number of aryl methyl sites for hydroxylation is 1. The molecule has 78 valence electrons. The van der Waals surface area contributed by atoms with Crippen LogP contribution < -0.4 is 4.74 Å². The molecule has 0 saturated heterocycles. The van der Waals surface area contributed by atoms with Gasteiger partial charge in [0.05, 0.1) is 18.1 Å². The molecule has 0 aliphatic rings. The fourth-order valence-electron chi connectivity index (χ4n) is 1.48. The third-order valence-corrected chi connectivity index (χ3v) is 2.26. The topological polar surface area (TPSA) is 64.4 Å². The number of hydrogen-bond donors (Lipinski definition) is 1. The summed E-state index contributed by atoms with van der Waals surface area (Å²) in [5.41, 5.74) is 1.57. The number of nitrogens with zero attached hydrogens (tertiary/aromatic N) is 2. The molecule has 0 saturated carbocycles. The molecule has 0 amide bonds. The van der Waals surface area contributed by atoms with Crippen molar-refractivity contribution in [2.75, 3.05) is 7.11 Å². The van der Waals surface area contributed by atoms with Crippen LogP contribution in [0.5, 0.6) is 5.88 Å². The third-order valence-electron chi connectivity index (χ3n) is 2.26. The second kappa shape index (κ2) is 3.27. The molecule has 0 atom stereocenters. The maximum absolute atomic E-state index is 10.9. The highest BCUT2D eigenvalue weighted by Crippen LogP contribution is 2.22. The second-order valence-corrected chi connectivity index (χ2v) is 3.18. The zero-order valence-corrected chi connectivity index (χ0v) is 8.39. The second-order valence-electron chi connectivity index (χ2n) is 3.18. The Morgan fingerprint density at radius 2 is 2.33 bits per heavy atom. The first kappa shape index (κ1) is 9.51. The Bertz CT molecular complexity index is 531. The third kappa shape index (κ3) is 1.41. The van der Waals surface area contributed by atoms with Gasteiger partial charge in [0.25, 0.3) is 0 Å². The molecular weight excluding hydrogens is 196 g/mol. The number of fused-ring (bicyclic) bond motifs is 1. The van der Waals surface area contributed by atoms with Gasteiger partial charge in [-0.15, -0.1) is 0 Å². The molecule has 0 bridgehead atoms. The molecule has 0 aliphatic carbocycles. The molecule has 0 spiro atoms. The SMILES string of the molecule is COc1nc2ccn(C)c2cc1C(=O)O. The van der Waals surface area contributed by atoms with Crippen LogP contribution in [0.1, 0.15) is 10.4 Å². The van der Waals surface area contributed by atoms with Crippen molar-refractivity contribution in [3.05, 3.63) is 23.9 Å². The lowest BCUT2D eigenvalue weighted by Gasteiger charge is -2.04. The molecule has 2 aromatic heterocycles. The summed E-state index contributed by atoms with van der Waals surface area (Å²) in [7, 11) is 3.24. The minimum Gasteiger partial charge on any atom is -0.480 e. The van der Waals surface area contributed by atoms with Crippen molar-refractivity contribution in [3.63, 3.8) is 0 Å². The van der Waals surface area contributed by atoms with Crippen LogP contribution in [0.2, 0.25) is 0 Å². The van der Waals surface area contributed by atoms with E-state index in [1.807, 2.05) is 23.9 Å². The molecule has 15 heavy (non-hydrogen) atoms. The fraction of sp³-hybridized carbons (Fsp3) is 0.200. The molecular formula is C10H10N2O3. The summed E-state index contributed by atoms with van der Waals surface area (Å²) in [5.74, 6) is -0.899. The smallest absolute Gasteiger partial charge is 0.341 e. The predicted molar refractivity (Wildman–Crippen MR) is 54.2 cm³/mol. The number of hydrogen-bond acceptors (Lipinski definition) is 3. The molecule has 2 heterocycles. The first-order chi connectivity index (χ1) is 7.13. The van der Waals surface area contributed by atoms with Gasteiger partial charge in [-0.3, -0.25) is 0 Å². The highest BCUT2D eigenvalue weighted by atomic mass is 16.5. The van der Waals surface area contributed by atoms with Crippen LogP contribution in [0.3, 0.4) is 0 Å². The van der Waals surface area contributed by atoms with Crippen LogP contribution >= 0.6 is 0 Å². The Kier molecular flexibility index (Phi) is 2.07. The molecule has 0 radical (unpaired) electrons. The monoisotopic (exact) mass is 206 g/mol. The number of pyridine rings is 1. The van der Waals surface area contributed by atoms with Crippen molar-refractivity contribution in [2.24, 2.45) is 7.05 Å². The average molecular weight is 206 g/mol. The maximum Gasteiger partial charge on any atom is 0.341 e. The largest absolute Gasteiger partial charge is 0.480 e. The van der Waals surface area contributed by atoms with Crippen molar-refractivity contribution in [1.29, 1.82) is 0 Å². The number of carbonyl (C=O) groups is 1. The molecule has 1 N–H and O–H groups in total. The zero-order chi connectivity index (χ0) is 11.0. The van der Waals surface area contributed by atoms with Gasteiger partial charge < -0.3 is 14.4 Å². The summed E-state index contributed by atoms with van der Waals surface area (Å²) in [6.45, 7) is 0. The molecule has 5 heteroatoms. The molecule has 0 aliphatic heterocycles. The van der Waals surface area contributed by atoms with Crippen molar-refractivity contribution in [1.82, 2.24) is 9.55 Å². The number of aromatic carboxylic acids is 1. The van der Waals surface area contributed by atoms with Gasteiger partial charge >= 0.3 is 5.97 Å². The van der Waals surface area contributed by atoms with Crippen molar-refractivity contribution >= 4 is 17.0 Å².